The summed E-state index contributed by atoms with van der Waals surface area (Å²) in [6, 6.07) is 3.97. The molecule has 1 aliphatic heterocycles. The molecule has 0 radical (unpaired) electrons. The number of fused-ring (bicyclic) bond motifs is 1. The highest BCUT2D eigenvalue weighted by molar-refractivity contribution is 5.53. The number of rotatable bonds is 2. The molecule has 82 valence electrons. The van der Waals surface area contributed by atoms with Gasteiger partial charge in [0.1, 0.15) is 11.6 Å². The Labute approximate surface area is 90.7 Å². The van der Waals surface area contributed by atoms with E-state index in [0.717, 1.165) is 32.1 Å². The first-order valence-electron chi connectivity index (χ1n) is 5.47. The highest BCUT2D eigenvalue weighted by atomic mass is 15.4. The largest absolute Gasteiger partial charge is 0.384 e. The summed E-state index contributed by atoms with van der Waals surface area (Å²) in [7, 11) is 0. The molecule has 0 unspecified atom stereocenters. The van der Waals surface area contributed by atoms with Crippen LogP contribution < -0.4 is 10.6 Å². The molecule has 1 aliphatic rings. The van der Waals surface area contributed by atoms with Crippen LogP contribution in [0.3, 0.4) is 0 Å². The Bertz CT molecular complexity index is 350. The minimum Gasteiger partial charge on any atom is -0.384 e. The molecular formula is C11H18N4. The molecule has 2 N–H and O–H groups in total. The van der Waals surface area contributed by atoms with Crippen LogP contribution in [0.1, 0.15) is 19.4 Å². The normalized spacial score (nSPS) is 16.5. The zero-order valence-corrected chi connectivity index (χ0v) is 9.40. The number of pyridine rings is 1. The maximum Gasteiger partial charge on any atom is 0.136 e. The van der Waals surface area contributed by atoms with Crippen molar-refractivity contribution in [2.45, 2.75) is 20.4 Å². The van der Waals surface area contributed by atoms with Gasteiger partial charge in [-0.25, -0.2) is 4.98 Å². The van der Waals surface area contributed by atoms with Gasteiger partial charge < -0.3 is 10.6 Å². The highest BCUT2D eigenvalue weighted by Crippen LogP contribution is 2.25. The van der Waals surface area contributed by atoms with Crippen molar-refractivity contribution < 1.29 is 0 Å². The molecule has 0 amide bonds. The number of nitrogen functional groups attached to an aromatic ring is 1. The quantitative estimate of drug-likeness (QED) is 0.792. The summed E-state index contributed by atoms with van der Waals surface area (Å²) < 4.78 is 0. The second kappa shape index (κ2) is 4.06. The lowest BCUT2D eigenvalue weighted by Gasteiger charge is -2.36. The summed E-state index contributed by atoms with van der Waals surface area (Å²) in [5, 5.41) is 0. The number of nitrogens with two attached hydrogens (primary N) is 1. The number of nitrogens with zero attached hydrogens (tertiary/aromatic N) is 3. The first-order valence-corrected chi connectivity index (χ1v) is 5.47. The molecule has 15 heavy (non-hydrogen) atoms. The van der Waals surface area contributed by atoms with E-state index in [-0.39, 0.29) is 0 Å². The van der Waals surface area contributed by atoms with Crippen molar-refractivity contribution in [2.24, 2.45) is 0 Å². The van der Waals surface area contributed by atoms with Gasteiger partial charge in [0.25, 0.3) is 0 Å². The second-order valence-corrected chi connectivity index (χ2v) is 3.86. The van der Waals surface area contributed by atoms with E-state index in [4.69, 9.17) is 5.73 Å². The van der Waals surface area contributed by atoms with Crippen molar-refractivity contribution >= 4 is 11.6 Å². The van der Waals surface area contributed by atoms with E-state index in [1.807, 2.05) is 6.07 Å². The van der Waals surface area contributed by atoms with Crippen LogP contribution in [0, 0.1) is 0 Å². The molecule has 2 heterocycles. The van der Waals surface area contributed by atoms with Crippen LogP contribution in [0.15, 0.2) is 12.1 Å². The molecule has 0 saturated carbocycles. The van der Waals surface area contributed by atoms with E-state index >= 15 is 0 Å². The van der Waals surface area contributed by atoms with Gasteiger partial charge in [-0.3, -0.25) is 4.90 Å². The maximum atomic E-state index is 5.71. The molecule has 0 saturated heterocycles. The number of hydrogen-bond acceptors (Lipinski definition) is 4. The van der Waals surface area contributed by atoms with Gasteiger partial charge in [-0.05, 0) is 19.5 Å². The lowest BCUT2D eigenvalue weighted by Crippen LogP contribution is -2.42. The topological polar surface area (TPSA) is 45.4 Å². The first kappa shape index (κ1) is 10.2. The lowest BCUT2D eigenvalue weighted by molar-refractivity contribution is 0.265. The SMILES string of the molecule is CCN1Cc2ccc(N)nc2N(CC)C1. The number of aromatic nitrogens is 1. The summed E-state index contributed by atoms with van der Waals surface area (Å²) in [6.45, 7) is 8.31. The Hall–Kier alpha value is -1.29. The minimum absolute atomic E-state index is 0.608. The maximum absolute atomic E-state index is 5.71. The summed E-state index contributed by atoms with van der Waals surface area (Å²) in [6.07, 6.45) is 0. The van der Waals surface area contributed by atoms with E-state index in [9.17, 15) is 0 Å². The molecule has 4 heteroatoms. The van der Waals surface area contributed by atoms with Crippen LogP contribution in [0.2, 0.25) is 0 Å². The molecule has 1 aromatic rings. The smallest absolute Gasteiger partial charge is 0.136 e. The van der Waals surface area contributed by atoms with Gasteiger partial charge in [-0.1, -0.05) is 13.0 Å². The Morgan fingerprint density at radius 3 is 2.80 bits per heavy atom. The second-order valence-electron chi connectivity index (χ2n) is 3.86. The zero-order valence-electron chi connectivity index (χ0n) is 9.40. The Kier molecular flexibility index (Phi) is 2.77. The molecule has 2 rings (SSSR count). The van der Waals surface area contributed by atoms with Crippen molar-refractivity contribution in [1.82, 2.24) is 9.88 Å². The molecular weight excluding hydrogens is 188 g/mol. The van der Waals surface area contributed by atoms with Gasteiger partial charge in [0.2, 0.25) is 0 Å². The van der Waals surface area contributed by atoms with Gasteiger partial charge in [-0.2, -0.15) is 0 Å². The lowest BCUT2D eigenvalue weighted by atomic mass is 10.2. The van der Waals surface area contributed by atoms with Crippen molar-refractivity contribution in [3.05, 3.63) is 17.7 Å². The Morgan fingerprint density at radius 2 is 2.13 bits per heavy atom. The van der Waals surface area contributed by atoms with E-state index in [0.29, 0.717) is 5.82 Å². The third-order valence-corrected chi connectivity index (χ3v) is 2.87. The van der Waals surface area contributed by atoms with E-state index in [1.54, 1.807) is 0 Å². The summed E-state index contributed by atoms with van der Waals surface area (Å²) in [5.74, 6) is 1.67. The number of anilines is 2. The fourth-order valence-electron chi connectivity index (χ4n) is 1.95. The Balaban J connectivity index is 2.35. The molecule has 0 fully saturated rings. The first-order chi connectivity index (χ1) is 7.24. The average Bonchev–Trinajstić information content (AvgIpc) is 2.27. The van der Waals surface area contributed by atoms with Crippen LogP contribution in [-0.4, -0.2) is 29.6 Å². The van der Waals surface area contributed by atoms with E-state index < -0.39 is 0 Å². The average molecular weight is 206 g/mol. The van der Waals surface area contributed by atoms with Gasteiger partial charge in [0.05, 0.1) is 6.67 Å². The molecule has 0 bridgehead atoms. The van der Waals surface area contributed by atoms with Crippen molar-refractivity contribution in [2.75, 3.05) is 30.4 Å². The van der Waals surface area contributed by atoms with Gasteiger partial charge in [0, 0.05) is 18.7 Å². The van der Waals surface area contributed by atoms with Gasteiger partial charge in [-0.15, -0.1) is 0 Å². The Morgan fingerprint density at radius 1 is 1.33 bits per heavy atom. The van der Waals surface area contributed by atoms with Crippen molar-refractivity contribution in [1.29, 1.82) is 0 Å². The number of hydrogen-bond donors (Lipinski definition) is 1. The molecule has 0 atom stereocenters. The zero-order chi connectivity index (χ0) is 10.8. The minimum atomic E-state index is 0.608. The fourth-order valence-corrected chi connectivity index (χ4v) is 1.95. The van der Waals surface area contributed by atoms with Gasteiger partial charge in [0.15, 0.2) is 0 Å². The molecule has 1 aromatic heterocycles. The predicted octanol–water partition coefficient (Wildman–Crippen LogP) is 1.28. The van der Waals surface area contributed by atoms with E-state index in [2.05, 4.69) is 34.7 Å². The molecule has 0 spiro atoms. The van der Waals surface area contributed by atoms with Crippen LogP contribution in [-0.2, 0) is 6.54 Å². The fraction of sp³-hybridized carbons (Fsp3) is 0.545. The van der Waals surface area contributed by atoms with Crippen molar-refractivity contribution in [3.8, 4) is 0 Å². The van der Waals surface area contributed by atoms with Crippen LogP contribution in [0.25, 0.3) is 0 Å². The molecule has 0 aromatic carbocycles. The van der Waals surface area contributed by atoms with Gasteiger partial charge >= 0.3 is 0 Å². The monoisotopic (exact) mass is 206 g/mol. The third kappa shape index (κ3) is 1.90. The standard InChI is InChI=1S/C11H18N4/c1-3-14-7-9-5-6-10(12)13-11(9)15(4-2)8-14/h5-6H,3-4,7-8H2,1-2H3,(H2,12,13). The van der Waals surface area contributed by atoms with E-state index in [1.165, 1.54) is 5.56 Å². The molecule has 4 nitrogen and oxygen atoms in total. The summed E-state index contributed by atoms with van der Waals surface area (Å²) in [4.78, 5) is 9.07. The predicted molar refractivity (Wildman–Crippen MR) is 62.6 cm³/mol. The van der Waals surface area contributed by atoms with Crippen LogP contribution >= 0.6 is 0 Å². The van der Waals surface area contributed by atoms with Crippen molar-refractivity contribution in [3.63, 3.8) is 0 Å². The summed E-state index contributed by atoms with van der Waals surface area (Å²) >= 11 is 0. The molecule has 0 aliphatic carbocycles. The summed E-state index contributed by atoms with van der Waals surface area (Å²) in [5.41, 5.74) is 6.99. The van der Waals surface area contributed by atoms with Crippen LogP contribution in [0.4, 0.5) is 11.6 Å². The highest BCUT2D eigenvalue weighted by Gasteiger charge is 2.21. The van der Waals surface area contributed by atoms with Crippen LogP contribution in [0.5, 0.6) is 0 Å². The third-order valence-electron chi connectivity index (χ3n) is 2.87.